The van der Waals surface area contributed by atoms with Crippen molar-refractivity contribution < 1.29 is 9.53 Å². The van der Waals surface area contributed by atoms with Crippen molar-refractivity contribution in [1.82, 2.24) is 29.2 Å². The zero-order valence-electron chi connectivity index (χ0n) is 16.5. The van der Waals surface area contributed by atoms with Crippen molar-refractivity contribution in [3.05, 3.63) is 30.4 Å². The van der Waals surface area contributed by atoms with Gasteiger partial charge in [-0.05, 0) is 38.5 Å². The van der Waals surface area contributed by atoms with Crippen LogP contribution in [0.5, 0.6) is 0 Å². The largest absolute Gasteiger partial charge is 0.384 e. The Hall–Kier alpha value is -2.22. The molecule has 0 unspecified atom stereocenters. The molecule has 8 nitrogen and oxygen atoms in total. The molecule has 2 aromatic rings. The summed E-state index contributed by atoms with van der Waals surface area (Å²) in [6, 6.07) is 0.541. The van der Waals surface area contributed by atoms with E-state index in [4.69, 9.17) is 4.74 Å². The Morgan fingerprint density at radius 3 is 2.61 bits per heavy atom. The van der Waals surface area contributed by atoms with E-state index in [9.17, 15) is 4.79 Å². The lowest BCUT2D eigenvalue weighted by molar-refractivity contribution is -0.140. The van der Waals surface area contributed by atoms with Gasteiger partial charge in [-0.25, -0.2) is 4.98 Å². The predicted octanol–water partition coefficient (Wildman–Crippen LogP) is 1.99. The lowest BCUT2D eigenvalue weighted by atomic mass is 9.94. The van der Waals surface area contributed by atoms with Crippen LogP contribution in [0.25, 0.3) is 0 Å². The van der Waals surface area contributed by atoms with Crippen LogP contribution in [0.4, 0.5) is 0 Å². The summed E-state index contributed by atoms with van der Waals surface area (Å²) in [5, 5.41) is 9.12. The number of imidazole rings is 1. The number of likely N-dealkylation sites (tertiary alicyclic amines) is 1. The molecule has 2 aromatic heterocycles. The minimum Gasteiger partial charge on any atom is -0.384 e. The number of methoxy groups -OCH3 is 1. The third-order valence-electron chi connectivity index (χ3n) is 6.46. The van der Waals surface area contributed by atoms with E-state index in [0.29, 0.717) is 25.1 Å². The fourth-order valence-electron chi connectivity index (χ4n) is 4.52. The molecule has 1 amide bonds. The molecule has 1 aliphatic heterocycles. The van der Waals surface area contributed by atoms with Crippen LogP contribution >= 0.6 is 0 Å². The van der Waals surface area contributed by atoms with Crippen LogP contribution in [0.3, 0.4) is 0 Å². The van der Waals surface area contributed by atoms with Crippen LogP contribution in [-0.2, 0) is 16.1 Å². The quantitative estimate of drug-likeness (QED) is 0.730. The fourth-order valence-corrected chi connectivity index (χ4v) is 4.52. The molecule has 0 N–H and O–H groups in total. The van der Waals surface area contributed by atoms with Crippen LogP contribution in [0, 0.1) is 5.41 Å². The standard InChI is InChI=1S/C20H28N6O2/c1-28-13-20(6-7-20)19(27)25-9-4-15(5-10-25)18-23-22-17(26(18)16-2-3-16)12-24-11-8-21-14-24/h8,11,14-16H,2-7,9-10,12-13H2,1H3. The summed E-state index contributed by atoms with van der Waals surface area (Å²) < 4.78 is 9.70. The van der Waals surface area contributed by atoms with Gasteiger partial charge in [0.25, 0.3) is 0 Å². The molecule has 0 atom stereocenters. The van der Waals surface area contributed by atoms with E-state index in [1.807, 2.05) is 22.0 Å². The molecule has 0 radical (unpaired) electrons. The summed E-state index contributed by atoms with van der Waals surface area (Å²) in [6.45, 7) is 2.88. The van der Waals surface area contributed by atoms with Crippen molar-refractivity contribution >= 4 is 5.91 Å². The lowest BCUT2D eigenvalue weighted by Gasteiger charge is -2.34. The normalized spacial score (nSPS) is 21.8. The molecular formula is C20H28N6O2. The number of amides is 1. The molecule has 5 rings (SSSR count). The van der Waals surface area contributed by atoms with E-state index in [1.54, 1.807) is 13.3 Å². The van der Waals surface area contributed by atoms with Gasteiger partial charge in [-0.15, -0.1) is 10.2 Å². The number of nitrogens with zero attached hydrogens (tertiary/aromatic N) is 6. The van der Waals surface area contributed by atoms with Crippen molar-refractivity contribution in [2.45, 2.75) is 57.0 Å². The van der Waals surface area contributed by atoms with Crippen LogP contribution in [0.2, 0.25) is 0 Å². The van der Waals surface area contributed by atoms with E-state index in [1.165, 1.54) is 12.8 Å². The minimum absolute atomic E-state index is 0.229. The predicted molar refractivity (Wildman–Crippen MR) is 102 cm³/mol. The Bertz CT molecular complexity index is 829. The average Bonchev–Trinajstić information content (AvgIpc) is 3.62. The van der Waals surface area contributed by atoms with Crippen molar-refractivity contribution in [2.24, 2.45) is 5.41 Å². The second-order valence-electron chi connectivity index (χ2n) is 8.59. The van der Waals surface area contributed by atoms with Gasteiger partial charge in [0.05, 0.1) is 24.9 Å². The topological polar surface area (TPSA) is 78.1 Å². The summed E-state index contributed by atoms with van der Waals surface area (Å²) in [6.07, 6.45) is 11.8. The van der Waals surface area contributed by atoms with E-state index in [0.717, 1.165) is 50.4 Å². The van der Waals surface area contributed by atoms with Crippen molar-refractivity contribution in [3.63, 3.8) is 0 Å². The summed E-state index contributed by atoms with van der Waals surface area (Å²) >= 11 is 0. The zero-order valence-corrected chi connectivity index (χ0v) is 16.5. The molecule has 0 spiro atoms. The first kappa shape index (κ1) is 17.8. The highest BCUT2D eigenvalue weighted by Crippen LogP contribution is 2.48. The number of hydrogen-bond donors (Lipinski definition) is 0. The Kier molecular flexibility index (Phi) is 4.45. The van der Waals surface area contributed by atoms with Gasteiger partial charge in [-0.3, -0.25) is 4.79 Å². The maximum atomic E-state index is 12.9. The van der Waals surface area contributed by atoms with Crippen LogP contribution in [0.1, 0.15) is 62.1 Å². The van der Waals surface area contributed by atoms with E-state index < -0.39 is 0 Å². The zero-order chi connectivity index (χ0) is 19.1. The summed E-state index contributed by atoms with van der Waals surface area (Å²) in [4.78, 5) is 19.1. The lowest BCUT2D eigenvalue weighted by Crippen LogP contribution is -2.43. The Labute approximate surface area is 164 Å². The fraction of sp³-hybridized carbons (Fsp3) is 0.700. The Morgan fingerprint density at radius 1 is 1.21 bits per heavy atom. The van der Waals surface area contributed by atoms with Crippen LogP contribution in [0.15, 0.2) is 18.7 Å². The molecule has 150 valence electrons. The van der Waals surface area contributed by atoms with Gasteiger partial charge in [0.15, 0.2) is 5.82 Å². The van der Waals surface area contributed by atoms with Gasteiger partial charge in [0.1, 0.15) is 5.82 Å². The molecular weight excluding hydrogens is 356 g/mol. The SMILES string of the molecule is COCC1(C(=O)N2CCC(c3nnc(Cn4ccnc4)n3C3CC3)CC2)CC1. The van der Waals surface area contributed by atoms with E-state index in [2.05, 4.69) is 19.7 Å². The van der Waals surface area contributed by atoms with Crippen LogP contribution in [-0.4, -0.2) is 61.9 Å². The number of rotatable bonds is 7. The highest BCUT2D eigenvalue weighted by atomic mass is 16.5. The molecule has 2 aliphatic carbocycles. The average molecular weight is 384 g/mol. The second-order valence-corrected chi connectivity index (χ2v) is 8.59. The van der Waals surface area contributed by atoms with Crippen molar-refractivity contribution in [2.75, 3.05) is 26.8 Å². The van der Waals surface area contributed by atoms with Gasteiger partial charge in [0.2, 0.25) is 5.91 Å². The number of ether oxygens (including phenoxy) is 1. The summed E-state index contributed by atoms with van der Waals surface area (Å²) in [5.74, 6) is 2.80. The molecule has 8 heteroatoms. The van der Waals surface area contributed by atoms with E-state index in [-0.39, 0.29) is 11.3 Å². The molecule has 2 saturated carbocycles. The van der Waals surface area contributed by atoms with E-state index >= 15 is 0 Å². The Balaban J connectivity index is 1.28. The van der Waals surface area contributed by atoms with Crippen molar-refractivity contribution in [3.8, 4) is 0 Å². The number of aromatic nitrogens is 5. The Morgan fingerprint density at radius 2 is 2.00 bits per heavy atom. The molecule has 3 aliphatic rings. The first-order chi connectivity index (χ1) is 13.7. The maximum absolute atomic E-state index is 12.9. The molecule has 0 bridgehead atoms. The smallest absolute Gasteiger partial charge is 0.231 e. The van der Waals surface area contributed by atoms with Gasteiger partial charge >= 0.3 is 0 Å². The molecule has 0 aromatic carbocycles. The number of carbonyl (C=O) groups is 1. The highest BCUT2D eigenvalue weighted by molar-refractivity contribution is 5.85. The molecule has 3 fully saturated rings. The monoisotopic (exact) mass is 384 g/mol. The van der Waals surface area contributed by atoms with Crippen molar-refractivity contribution in [1.29, 1.82) is 0 Å². The highest BCUT2D eigenvalue weighted by Gasteiger charge is 2.52. The minimum atomic E-state index is -0.229. The third-order valence-corrected chi connectivity index (χ3v) is 6.46. The van der Waals surface area contributed by atoms with Crippen LogP contribution < -0.4 is 0 Å². The van der Waals surface area contributed by atoms with Gasteiger partial charge < -0.3 is 18.8 Å². The first-order valence-corrected chi connectivity index (χ1v) is 10.4. The number of carbonyl (C=O) groups excluding carboxylic acids is 1. The van der Waals surface area contributed by atoms with Gasteiger partial charge in [-0.1, -0.05) is 0 Å². The summed E-state index contributed by atoms with van der Waals surface area (Å²) in [7, 11) is 1.69. The molecule has 3 heterocycles. The second kappa shape index (κ2) is 6.99. The van der Waals surface area contributed by atoms with Gasteiger partial charge in [0, 0.05) is 44.6 Å². The summed E-state index contributed by atoms with van der Waals surface area (Å²) in [5.41, 5.74) is -0.229. The molecule has 28 heavy (non-hydrogen) atoms. The number of hydrogen-bond acceptors (Lipinski definition) is 5. The maximum Gasteiger partial charge on any atom is 0.231 e. The van der Waals surface area contributed by atoms with Gasteiger partial charge in [-0.2, -0.15) is 0 Å². The molecule has 1 saturated heterocycles. The number of piperidine rings is 1. The first-order valence-electron chi connectivity index (χ1n) is 10.4. The third kappa shape index (κ3) is 3.23.